The van der Waals surface area contributed by atoms with Gasteiger partial charge in [-0.25, -0.2) is 0 Å². The van der Waals surface area contributed by atoms with Crippen molar-refractivity contribution in [1.82, 2.24) is 10.6 Å². The van der Waals surface area contributed by atoms with Gasteiger partial charge in [-0.2, -0.15) is 0 Å². The zero-order valence-electron chi connectivity index (χ0n) is 13.0. The molecule has 0 aromatic carbocycles. The molecule has 4 nitrogen and oxygen atoms in total. The van der Waals surface area contributed by atoms with Crippen molar-refractivity contribution in [2.24, 2.45) is 5.92 Å². The van der Waals surface area contributed by atoms with Crippen molar-refractivity contribution >= 4 is 11.8 Å². The highest BCUT2D eigenvalue weighted by Crippen LogP contribution is 2.27. The Morgan fingerprint density at radius 3 is 2.71 bits per heavy atom. The lowest BCUT2D eigenvalue weighted by Crippen LogP contribution is -2.48. The first kappa shape index (κ1) is 15.8. The highest BCUT2D eigenvalue weighted by Gasteiger charge is 2.22. The molecule has 2 N–H and O–H groups in total. The molecule has 2 amide bonds. The number of carbonyl (C=O) groups excluding carboxylic acids is 2. The summed E-state index contributed by atoms with van der Waals surface area (Å²) in [6, 6.07) is -0.435. The molecular weight excluding hydrogens is 264 g/mol. The van der Waals surface area contributed by atoms with E-state index in [1.807, 2.05) is 12.2 Å². The Kier molecular flexibility index (Phi) is 5.59. The molecule has 0 radical (unpaired) electrons. The van der Waals surface area contributed by atoms with Crippen LogP contribution in [0, 0.1) is 5.92 Å². The molecule has 116 valence electrons. The molecule has 0 saturated heterocycles. The van der Waals surface area contributed by atoms with E-state index in [1.54, 1.807) is 6.92 Å². The smallest absolute Gasteiger partial charge is 0.242 e. The molecular formula is C17H26N2O2. The van der Waals surface area contributed by atoms with Crippen LogP contribution in [0.4, 0.5) is 0 Å². The molecule has 0 aliphatic heterocycles. The number of hydrogen-bond donors (Lipinski definition) is 2. The maximum Gasteiger partial charge on any atom is 0.242 e. The van der Waals surface area contributed by atoms with Gasteiger partial charge in [0.1, 0.15) is 6.04 Å². The van der Waals surface area contributed by atoms with E-state index in [2.05, 4.69) is 23.6 Å². The average Bonchev–Trinajstić information content (AvgIpc) is 2.91. The highest BCUT2D eigenvalue weighted by molar-refractivity contribution is 5.87. The number of allylic oxidation sites excluding steroid dienone is 2. The van der Waals surface area contributed by atoms with Gasteiger partial charge in [0.25, 0.3) is 0 Å². The summed E-state index contributed by atoms with van der Waals surface area (Å²) < 4.78 is 0. The largest absolute Gasteiger partial charge is 0.348 e. The normalized spacial score (nSPS) is 23.5. The summed E-state index contributed by atoms with van der Waals surface area (Å²) >= 11 is 0. The van der Waals surface area contributed by atoms with Gasteiger partial charge in [0.15, 0.2) is 0 Å². The topological polar surface area (TPSA) is 58.2 Å². The van der Waals surface area contributed by atoms with Gasteiger partial charge in [-0.05, 0) is 39.0 Å². The van der Waals surface area contributed by atoms with E-state index in [4.69, 9.17) is 0 Å². The van der Waals surface area contributed by atoms with Crippen molar-refractivity contribution in [2.45, 2.75) is 64.5 Å². The second kappa shape index (κ2) is 7.43. The van der Waals surface area contributed by atoms with Crippen molar-refractivity contribution in [3.05, 3.63) is 23.8 Å². The van der Waals surface area contributed by atoms with Crippen molar-refractivity contribution < 1.29 is 9.59 Å². The zero-order chi connectivity index (χ0) is 15.2. The van der Waals surface area contributed by atoms with Crippen LogP contribution in [0.1, 0.15) is 52.4 Å². The molecule has 2 rings (SSSR count). The van der Waals surface area contributed by atoms with E-state index < -0.39 is 6.04 Å². The van der Waals surface area contributed by atoms with Gasteiger partial charge in [-0.1, -0.05) is 36.6 Å². The summed E-state index contributed by atoms with van der Waals surface area (Å²) in [5.41, 5.74) is 1.25. The molecule has 1 fully saturated rings. The van der Waals surface area contributed by atoms with Crippen LogP contribution in [0.3, 0.4) is 0 Å². The van der Waals surface area contributed by atoms with Crippen LogP contribution in [0.5, 0.6) is 0 Å². The third-order valence-corrected chi connectivity index (χ3v) is 4.31. The van der Waals surface area contributed by atoms with E-state index in [0.717, 1.165) is 19.3 Å². The molecule has 2 atom stereocenters. The minimum absolute atomic E-state index is 0.000173. The predicted molar refractivity (Wildman–Crippen MR) is 83.6 cm³/mol. The molecule has 2 aliphatic rings. The summed E-state index contributed by atoms with van der Waals surface area (Å²) in [4.78, 5) is 24.1. The minimum atomic E-state index is -0.474. The van der Waals surface area contributed by atoms with Crippen molar-refractivity contribution in [2.75, 3.05) is 0 Å². The summed E-state index contributed by atoms with van der Waals surface area (Å²) in [7, 11) is 0. The van der Waals surface area contributed by atoms with Gasteiger partial charge in [0.05, 0.1) is 6.04 Å². The van der Waals surface area contributed by atoms with Crippen LogP contribution in [0.15, 0.2) is 23.8 Å². The monoisotopic (exact) mass is 290 g/mol. The van der Waals surface area contributed by atoms with Crippen LogP contribution in [-0.2, 0) is 9.59 Å². The molecule has 0 aromatic heterocycles. The van der Waals surface area contributed by atoms with Gasteiger partial charge in [0, 0.05) is 6.42 Å². The Morgan fingerprint density at radius 1 is 1.33 bits per heavy atom. The number of rotatable bonds is 5. The Hall–Kier alpha value is -1.58. The van der Waals surface area contributed by atoms with E-state index in [0.29, 0.717) is 12.3 Å². The fraction of sp³-hybridized carbons (Fsp3) is 0.647. The van der Waals surface area contributed by atoms with Crippen LogP contribution in [0.25, 0.3) is 0 Å². The van der Waals surface area contributed by atoms with E-state index >= 15 is 0 Å². The molecule has 0 aromatic rings. The summed E-state index contributed by atoms with van der Waals surface area (Å²) in [6.07, 6.45) is 12.1. The average molecular weight is 290 g/mol. The van der Waals surface area contributed by atoms with Crippen LogP contribution in [0.2, 0.25) is 0 Å². The molecule has 0 bridgehead atoms. The lowest BCUT2D eigenvalue weighted by atomic mass is 10.0. The second-order valence-electron chi connectivity index (χ2n) is 6.36. The van der Waals surface area contributed by atoms with Gasteiger partial charge < -0.3 is 10.6 Å². The Morgan fingerprint density at radius 2 is 2.05 bits per heavy atom. The van der Waals surface area contributed by atoms with Gasteiger partial charge in [-0.15, -0.1) is 0 Å². The van der Waals surface area contributed by atoms with E-state index in [-0.39, 0.29) is 17.9 Å². The Balaban J connectivity index is 1.73. The maximum atomic E-state index is 12.1. The number of nitrogens with one attached hydrogen (secondary N) is 2. The van der Waals surface area contributed by atoms with Crippen LogP contribution >= 0.6 is 0 Å². The molecule has 2 aliphatic carbocycles. The molecule has 21 heavy (non-hydrogen) atoms. The molecule has 0 spiro atoms. The Labute approximate surface area is 127 Å². The van der Waals surface area contributed by atoms with Crippen LogP contribution in [-0.4, -0.2) is 23.9 Å². The maximum absolute atomic E-state index is 12.1. The van der Waals surface area contributed by atoms with Crippen molar-refractivity contribution in [3.63, 3.8) is 0 Å². The van der Waals surface area contributed by atoms with Crippen molar-refractivity contribution in [1.29, 1.82) is 0 Å². The third-order valence-electron chi connectivity index (χ3n) is 4.31. The van der Waals surface area contributed by atoms with Gasteiger partial charge >= 0.3 is 0 Å². The third kappa shape index (κ3) is 5.03. The fourth-order valence-electron chi connectivity index (χ4n) is 3.09. The molecule has 0 heterocycles. The fourth-order valence-corrected chi connectivity index (χ4v) is 3.09. The highest BCUT2D eigenvalue weighted by atomic mass is 16.2. The molecule has 4 heteroatoms. The first-order chi connectivity index (χ1) is 10.0. The van der Waals surface area contributed by atoms with E-state index in [1.165, 1.54) is 18.4 Å². The standard InChI is InChI=1S/C17H26N2O2/c1-12-6-5-9-15(10-12)19-17(21)13(2)18-16(20)11-14-7-3-4-8-14/h5-6,9,13-15H,3-4,7-8,10-11H2,1-2H3,(H,18,20)(H,19,21)/t13-,15+/m0/s1. The first-order valence-electron chi connectivity index (χ1n) is 7.98. The minimum Gasteiger partial charge on any atom is -0.348 e. The quantitative estimate of drug-likeness (QED) is 0.817. The van der Waals surface area contributed by atoms with Gasteiger partial charge in [0.2, 0.25) is 11.8 Å². The first-order valence-corrected chi connectivity index (χ1v) is 7.98. The van der Waals surface area contributed by atoms with Gasteiger partial charge in [-0.3, -0.25) is 9.59 Å². The van der Waals surface area contributed by atoms with E-state index in [9.17, 15) is 9.59 Å². The zero-order valence-corrected chi connectivity index (χ0v) is 13.0. The van der Waals surface area contributed by atoms with Crippen LogP contribution < -0.4 is 10.6 Å². The number of carbonyl (C=O) groups is 2. The molecule has 0 unspecified atom stereocenters. The summed E-state index contributed by atoms with van der Waals surface area (Å²) in [5, 5.41) is 5.78. The SMILES string of the molecule is CC1=CC=C[C@@H](NC(=O)[C@H](C)NC(=O)CC2CCCC2)C1. The number of hydrogen-bond acceptors (Lipinski definition) is 2. The van der Waals surface area contributed by atoms with Crippen molar-refractivity contribution in [3.8, 4) is 0 Å². The lowest BCUT2D eigenvalue weighted by molar-refractivity contribution is -0.129. The summed E-state index contributed by atoms with van der Waals surface area (Å²) in [5.74, 6) is 0.397. The molecule has 1 saturated carbocycles. The lowest BCUT2D eigenvalue weighted by Gasteiger charge is -2.21. The Bertz CT molecular complexity index is 448. The second-order valence-corrected chi connectivity index (χ2v) is 6.36. The number of amides is 2. The predicted octanol–water partition coefficient (Wildman–Crippen LogP) is 2.46. The summed E-state index contributed by atoms with van der Waals surface area (Å²) in [6.45, 7) is 3.80.